The number of aromatic nitrogens is 3. The van der Waals surface area contributed by atoms with Gasteiger partial charge < -0.3 is 5.73 Å². The smallest absolute Gasteiger partial charge is 0.184 e. The molecule has 28 heavy (non-hydrogen) atoms. The Bertz CT molecular complexity index is 1240. The van der Waals surface area contributed by atoms with Crippen molar-refractivity contribution in [2.75, 3.05) is 13.1 Å². The molecule has 136 valence electrons. The molecule has 0 unspecified atom stereocenters. The van der Waals surface area contributed by atoms with Crippen LogP contribution in [-0.4, -0.2) is 39.2 Å². The van der Waals surface area contributed by atoms with Crippen LogP contribution in [0.15, 0.2) is 71.9 Å². The summed E-state index contributed by atoms with van der Waals surface area (Å²) in [5.74, 6) is 0.0152. The quantitative estimate of drug-likeness (QED) is 0.603. The number of carbonyl (C=O) groups excluding carboxylic acids is 1. The molecule has 1 aliphatic rings. The second-order valence-electron chi connectivity index (χ2n) is 6.65. The molecule has 0 aliphatic carbocycles. The lowest BCUT2D eigenvalue weighted by Gasteiger charge is -2.16. The second-order valence-corrected chi connectivity index (χ2v) is 6.65. The average molecular weight is 367 g/mol. The molecule has 5 rings (SSSR count). The van der Waals surface area contributed by atoms with Gasteiger partial charge in [-0.25, -0.2) is 9.50 Å². The van der Waals surface area contributed by atoms with E-state index in [2.05, 4.69) is 9.98 Å². The summed E-state index contributed by atoms with van der Waals surface area (Å²) in [5, 5.41) is 4.78. The van der Waals surface area contributed by atoms with Crippen molar-refractivity contribution >= 4 is 17.1 Å². The fourth-order valence-corrected chi connectivity index (χ4v) is 3.53. The number of benzene rings is 2. The van der Waals surface area contributed by atoms with Crippen molar-refractivity contribution in [2.24, 2.45) is 10.7 Å². The molecule has 0 radical (unpaired) electrons. The van der Waals surface area contributed by atoms with Crippen LogP contribution in [0.25, 0.3) is 28.2 Å². The first-order valence-corrected chi connectivity index (χ1v) is 9.06. The van der Waals surface area contributed by atoms with Gasteiger partial charge in [-0.05, 0) is 24.3 Å². The lowest BCUT2D eigenvalue weighted by Crippen LogP contribution is -2.25. The van der Waals surface area contributed by atoms with E-state index in [0.717, 1.165) is 39.4 Å². The first-order chi connectivity index (χ1) is 13.7. The molecule has 3 heterocycles. The van der Waals surface area contributed by atoms with Gasteiger partial charge in [-0.3, -0.25) is 9.79 Å². The maximum Gasteiger partial charge on any atom is 0.184 e. The SMILES string of the molecule is NCC1=NCC(=O)c2ccc(-c3cnc4ccc(-c5ccccc5)nn34)cc21. The van der Waals surface area contributed by atoms with Gasteiger partial charge in [0.2, 0.25) is 0 Å². The fraction of sp³-hybridized carbons (Fsp3) is 0.0909. The van der Waals surface area contributed by atoms with E-state index in [4.69, 9.17) is 10.8 Å². The van der Waals surface area contributed by atoms with E-state index >= 15 is 0 Å². The minimum Gasteiger partial charge on any atom is -0.325 e. The highest BCUT2D eigenvalue weighted by molar-refractivity contribution is 6.16. The highest BCUT2D eigenvalue weighted by Crippen LogP contribution is 2.27. The van der Waals surface area contributed by atoms with E-state index < -0.39 is 0 Å². The lowest BCUT2D eigenvalue weighted by atomic mass is 9.94. The van der Waals surface area contributed by atoms with Gasteiger partial charge in [0.25, 0.3) is 0 Å². The Hall–Kier alpha value is -3.64. The first-order valence-electron chi connectivity index (χ1n) is 9.06. The molecule has 0 fully saturated rings. The standard InChI is InChI=1S/C22H17N5O/c23-11-19-17-10-15(6-7-16(17)21(28)13-24-19)20-12-25-22-9-8-18(26-27(20)22)14-4-2-1-3-5-14/h1-10,12H,11,13,23H2. The molecule has 0 amide bonds. The van der Waals surface area contributed by atoms with Crippen LogP contribution in [0.4, 0.5) is 0 Å². The van der Waals surface area contributed by atoms with Crippen molar-refractivity contribution in [1.29, 1.82) is 0 Å². The van der Waals surface area contributed by atoms with Crippen molar-refractivity contribution in [3.63, 3.8) is 0 Å². The van der Waals surface area contributed by atoms with Crippen molar-refractivity contribution in [1.82, 2.24) is 14.6 Å². The number of ketones is 1. The lowest BCUT2D eigenvalue weighted by molar-refractivity contribution is 0.1000. The molecule has 2 aromatic carbocycles. The molecule has 0 atom stereocenters. The summed E-state index contributed by atoms with van der Waals surface area (Å²) >= 11 is 0. The van der Waals surface area contributed by atoms with Crippen LogP contribution in [0, 0.1) is 0 Å². The number of nitrogens with two attached hydrogens (primary N) is 1. The summed E-state index contributed by atoms with van der Waals surface area (Å²) in [6.07, 6.45) is 1.79. The number of fused-ring (bicyclic) bond motifs is 2. The van der Waals surface area contributed by atoms with E-state index in [9.17, 15) is 4.79 Å². The summed E-state index contributed by atoms with van der Waals surface area (Å²) in [4.78, 5) is 21.0. The summed E-state index contributed by atoms with van der Waals surface area (Å²) < 4.78 is 1.83. The predicted molar refractivity (Wildman–Crippen MR) is 109 cm³/mol. The van der Waals surface area contributed by atoms with Crippen LogP contribution >= 0.6 is 0 Å². The van der Waals surface area contributed by atoms with Crippen LogP contribution in [0.2, 0.25) is 0 Å². The Labute approximate surface area is 161 Å². The normalized spacial score (nSPS) is 13.5. The van der Waals surface area contributed by atoms with Gasteiger partial charge in [0.15, 0.2) is 11.4 Å². The number of hydrogen-bond donors (Lipinski definition) is 1. The summed E-state index contributed by atoms with van der Waals surface area (Å²) in [7, 11) is 0. The van der Waals surface area contributed by atoms with Gasteiger partial charge in [0.1, 0.15) is 6.54 Å². The third-order valence-corrected chi connectivity index (χ3v) is 4.97. The van der Waals surface area contributed by atoms with Crippen LogP contribution < -0.4 is 5.73 Å². The highest BCUT2D eigenvalue weighted by atomic mass is 16.1. The molecular weight excluding hydrogens is 350 g/mol. The monoisotopic (exact) mass is 367 g/mol. The summed E-state index contributed by atoms with van der Waals surface area (Å²) in [6.45, 7) is 0.462. The van der Waals surface area contributed by atoms with E-state index in [-0.39, 0.29) is 12.3 Å². The predicted octanol–water partition coefficient (Wildman–Crippen LogP) is 3.01. The molecule has 0 saturated heterocycles. The molecule has 0 bridgehead atoms. The topological polar surface area (TPSA) is 85.6 Å². The third-order valence-electron chi connectivity index (χ3n) is 4.97. The van der Waals surface area contributed by atoms with Crippen molar-refractivity contribution in [2.45, 2.75) is 0 Å². The molecule has 4 aromatic rings. The Morgan fingerprint density at radius 3 is 2.64 bits per heavy atom. The number of hydrogen-bond acceptors (Lipinski definition) is 5. The zero-order chi connectivity index (χ0) is 19.1. The van der Waals surface area contributed by atoms with Crippen molar-refractivity contribution in [3.05, 3.63) is 78.0 Å². The maximum atomic E-state index is 12.2. The van der Waals surface area contributed by atoms with Gasteiger partial charge in [-0.15, -0.1) is 0 Å². The molecule has 0 saturated carbocycles. The van der Waals surface area contributed by atoms with E-state index in [1.54, 1.807) is 6.20 Å². The second kappa shape index (κ2) is 6.51. The summed E-state index contributed by atoms with van der Waals surface area (Å²) in [5.41, 5.74) is 12.5. The minimum absolute atomic E-state index is 0.0152. The van der Waals surface area contributed by atoms with E-state index in [1.165, 1.54) is 0 Å². The van der Waals surface area contributed by atoms with Gasteiger partial charge in [-0.2, -0.15) is 5.10 Å². The average Bonchev–Trinajstić information content (AvgIpc) is 3.18. The van der Waals surface area contributed by atoms with Crippen LogP contribution in [-0.2, 0) is 0 Å². The van der Waals surface area contributed by atoms with Gasteiger partial charge in [-0.1, -0.05) is 36.4 Å². The number of Topliss-reactive ketones (excluding diaryl/α,β-unsaturated/α-hetero) is 1. The maximum absolute atomic E-state index is 12.2. The molecule has 6 heteroatoms. The Morgan fingerprint density at radius 2 is 1.82 bits per heavy atom. The van der Waals surface area contributed by atoms with Crippen LogP contribution in [0.1, 0.15) is 15.9 Å². The van der Waals surface area contributed by atoms with E-state index in [0.29, 0.717) is 12.1 Å². The largest absolute Gasteiger partial charge is 0.325 e. The Morgan fingerprint density at radius 1 is 0.964 bits per heavy atom. The zero-order valence-electron chi connectivity index (χ0n) is 15.0. The molecule has 2 aromatic heterocycles. The first kappa shape index (κ1) is 16.5. The van der Waals surface area contributed by atoms with Gasteiger partial charge >= 0.3 is 0 Å². The number of nitrogens with zero attached hydrogens (tertiary/aromatic N) is 4. The molecule has 2 N–H and O–H groups in total. The van der Waals surface area contributed by atoms with Gasteiger partial charge in [0.05, 0.1) is 23.3 Å². The number of aliphatic imine (C=N–C) groups is 1. The van der Waals surface area contributed by atoms with Crippen LogP contribution in [0.3, 0.4) is 0 Å². The van der Waals surface area contributed by atoms with Crippen LogP contribution in [0.5, 0.6) is 0 Å². The molecule has 0 spiro atoms. The van der Waals surface area contributed by atoms with E-state index in [1.807, 2.05) is 65.2 Å². The fourth-order valence-electron chi connectivity index (χ4n) is 3.53. The molecular formula is C22H17N5O. The van der Waals surface area contributed by atoms with Crippen molar-refractivity contribution < 1.29 is 4.79 Å². The highest BCUT2D eigenvalue weighted by Gasteiger charge is 2.21. The minimum atomic E-state index is 0.0152. The molecule has 1 aliphatic heterocycles. The third kappa shape index (κ3) is 2.62. The molecule has 6 nitrogen and oxygen atoms in total. The number of carbonyl (C=O) groups is 1. The number of imidazole rings is 1. The Kier molecular flexibility index (Phi) is 3.84. The Balaban J connectivity index is 1.66. The van der Waals surface area contributed by atoms with Crippen molar-refractivity contribution in [3.8, 4) is 22.5 Å². The zero-order valence-corrected chi connectivity index (χ0v) is 15.0. The van der Waals surface area contributed by atoms with Gasteiger partial charge in [0, 0.05) is 28.8 Å². The summed E-state index contributed by atoms with van der Waals surface area (Å²) in [6, 6.07) is 19.7. The number of rotatable bonds is 3.